The predicted molar refractivity (Wildman–Crippen MR) is 70.1 cm³/mol. The monoisotopic (exact) mass is 234 g/mol. The molecule has 1 aromatic rings. The normalized spacial score (nSPS) is 10.6. The summed E-state index contributed by atoms with van der Waals surface area (Å²) in [6.45, 7) is 9.95. The van der Waals surface area contributed by atoms with Crippen molar-refractivity contribution in [2.24, 2.45) is 7.05 Å². The molecule has 0 amide bonds. The number of allylic oxidation sites excluding steroid dienone is 1. The van der Waals surface area contributed by atoms with Crippen LogP contribution in [0.25, 0.3) is 0 Å². The average Bonchev–Trinajstić information content (AvgIpc) is 2.51. The molecule has 94 valence electrons. The lowest BCUT2D eigenvalue weighted by atomic mass is 10.0. The van der Waals surface area contributed by atoms with Crippen molar-refractivity contribution in [1.29, 1.82) is 0 Å². The van der Waals surface area contributed by atoms with Gasteiger partial charge in [-0.15, -0.1) is 0 Å². The Balaban J connectivity index is 2.56. The van der Waals surface area contributed by atoms with E-state index in [4.69, 9.17) is 0 Å². The van der Waals surface area contributed by atoms with Gasteiger partial charge in [-0.25, -0.2) is 0 Å². The molecule has 0 N–H and O–H groups in total. The van der Waals surface area contributed by atoms with Crippen LogP contribution in [0.15, 0.2) is 12.2 Å². The van der Waals surface area contributed by atoms with E-state index >= 15 is 0 Å². The Morgan fingerprint density at radius 1 is 1.41 bits per heavy atom. The van der Waals surface area contributed by atoms with Crippen molar-refractivity contribution in [3.05, 3.63) is 29.1 Å². The first-order valence-electron chi connectivity index (χ1n) is 6.13. The maximum absolute atomic E-state index is 11.7. The standard InChI is InChI=1S/C14H22N2O/c1-6-10(2)9-13(17)7-8-14-11(3)15-16(5)12(14)4/h2,6-9H2,1,3-5H3. The molecule has 0 saturated heterocycles. The van der Waals surface area contributed by atoms with E-state index in [1.807, 2.05) is 32.5 Å². The Bertz CT molecular complexity index is 430. The highest BCUT2D eigenvalue weighted by Gasteiger charge is 2.11. The van der Waals surface area contributed by atoms with Gasteiger partial charge in [-0.05, 0) is 32.3 Å². The minimum Gasteiger partial charge on any atom is -0.299 e. The number of aryl methyl sites for hydroxylation is 2. The molecule has 0 unspecified atom stereocenters. The van der Waals surface area contributed by atoms with Crippen LogP contribution >= 0.6 is 0 Å². The molecule has 0 aliphatic heterocycles. The molecule has 1 aromatic heterocycles. The third kappa shape index (κ3) is 3.55. The number of hydrogen-bond donors (Lipinski definition) is 0. The second kappa shape index (κ2) is 5.80. The van der Waals surface area contributed by atoms with Crippen molar-refractivity contribution in [1.82, 2.24) is 9.78 Å². The highest BCUT2D eigenvalue weighted by atomic mass is 16.1. The van der Waals surface area contributed by atoms with E-state index < -0.39 is 0 Å². The maximum atomic E-state index is 11.7. The fourth-order valence-corrected chi connectivity index (χ4v) is 1.94. The van der Waals surface area contributed by atoms with E-state index in [0.717, 1.165) is 29.8 Å². The van der Waals surface area contributed by atoms with Crippen LogP contribution in [0.2, 0.25) is 0 Å². The zero-order valence-electron chi connectivity index (χ0n) is 11.3. The van der Waals surface area contributed by atoms with Gasteiger partial charge in [0.05, 0.1) is 5.69 Å². The first kappa shape index (κ1) is 13.7. The van der Waals surface area contributed by atoms with Crippen LogP contribution in [-0.2, 0) is 18.3 Å². The molecule has 0 aromatic carbocycles. The smallest absolute Gasteiger partial charge is 0.137 e. The summed E-state index contributed by atoms with van der Waals surface area (Å²) in [6, 6.07) is 0. The van der Waals surface area contributed by atoms with Gasteiger partial charge in [0.25, 0.3) is 0 Å². The minimum atomic E-state index is 0.277. The lowest BCUT2D eigenvalue weighted by Crippen LogP contribution is -2.02. The largest absolute Gasteiger partial charge is 0.299 e. The number of carbonyl (C=O) groups excluding carboxylic acids is 1. The van der Waals surface area contributed by atoms with Crippen LogP contribution < -0.4 is 0 Å². The summed E-state index contributed by atoms with van der Waals surface area (Å²) in [5.41, 5.74) is 4.43. The average molecular weight is 234 g/mol. The molecular weight excluding hydrogens is 212 g/mol. The Morgan fingerprint density at radius 2 is 2.06 bits per heavy atom. The second-order valence-electron chi connectivity index (χ2n) is 4.59. The van der Waals surface area contributed by atoms with Gasteiger partial charge in [-0.1, -0.05) is 19.1 Å². The van der Waals surface area contributed by atoms with Crippen LogP contribution in [0.5, 0.6) is 0 Å². The third-order valence-electron chi connectivity index (χ3n) is 3.26. The summed E-state index contributed by atoms with van der Waals surface area (Å²) < 4.78 is 1.88. The Hall–Kier alpha value is -1.38. The van der Waals surface area contributed by atoms with E-state index in [1.165, 1.54) is 5.56 Å². The summed E-state index contributed by atoms with van der Waals surface area (Å²) >= 11 is 0. The molecule has 17 heavy (non-hydrogen) atoms. The molecular formula is C14H22N2O. The molecule has 0 bridgehead atoms. The van der Waals surface area contributed by atoms with E-state index in [9.17, 15) is 4.79 Å². The molecule has 0 aliphatic carbocycles. The number of aromatic nitrogens is 2. The summed E-state index contributed by atoms with van der Waals surface area (Å²) in [7, 11) is 1.94. The van der Waals surface area contributed by atoms with Crippen LogP contribution in [0.4, 0.5) is 0 Å². The van der Waals surface area contributed by atoms with Crippen molar-refractivity contribution in [3.63, 3.8) is 0 Å². The SMILES string of the molecule is C=C(CC)CC(=O)CCc1c(C)nn(C)c1C. The van der Waals surface area contributed by atoms with Gasteiger partial charge in [0, 0.05) is 25.6 Å². The van der Waals surface area contributed by atoms with Crippen LogP contribution in [0.3, 0.4) is 0 Å². The van der Waals surface area contributed by atoms with Gasteiger partial charge < -0.3 is 0 Å². The van der Waals surface area contributed by atoms with Gasteiger partial charge >= 0.3 is 0 Å². The Kier molecular flexibility index (Phi) is 4.67. The molecule has 0 fully saturated rings. The summed E-state index contributed by atoms with van der Waals surface area (Å²) in [6.07, 6.45) is 2.79. The number of ketones is 1. The van der Waals surface area contributed by atoms with Crippen LogP contribution in [0.1, 0.15) is 43.1 Å². The van der Waals surface area contributed by atoms with Crippen molar-refractivity contribution >= 4 is 5.78 Å². The highest BCUT2D eigenvalue weighted by Crippen LogP contribution is 2.15. The van der Waals surface area contributed by atoms with Gasteiger partial charge in [-0.2, -0.15) is 5.10 Å². The quantitative estimate of drug-likeness (QED) is 0.709. The second-order valence-corrected chi connectivity index (χ2v) is 4.59. The van der Waals surface area contributed by atoms with Crippen molar-refractivity contribution in [2.75, 3.05) is 0 Å². The molecule has 0 saturated carbocycles. The molecule has 0 aliphatic rings. The fourth-order valence-electron chi connectivity index (χ4n) is 1.94. The Morgan fingerprint density at radius 3 is 2.53 bits per heavy atom. The van der Waals surface area contributed by atoms with Gasteiger partial charge in [0.15, 0.2) is 0 Å². The van der Waals surface area contributed by atoms with Gasteiger partial charge in [0.2, 0.25) is 0 Å². The van der Waals surface area contributed by atoms with Crippen LogP contribution in [-0.4, -0.2) is 15.6 Å². The van der Waals surface area contributed by atoms with E-state index in [0.29, 0.717) is 12.8 Å². The first-order chi connectivity index (χ1) is 7.95. The Labute approximate surface area is 104 Å². The molecule has 3 heteroatoms. The van der Waals surface area contributed by atoms with E-state index in [-0.39, 0.29) is 5.78 Å². The lowest BCUT2D eigenvalue weighted by Gasteiger charge is -2.03. The van der Waals surface area contributed by atoms with Crippen molar-refractivity contribution < 1.29 is 4.79 Å². The summed E-state index contributed by atoms with van der Waals surface area (Å²) in [5, 5.41) is 4.35. The van der Waals surface area contributed by atoms with Gasteiger partial charge in [0.1, 0.15) is 5.78 Å². The van der Waals surface area contributed by atoms with E-state index in [1.54, 1.807) is 0 Å². The molecule has 1 rings (SSSR count). The minimum absolute atomic E-state index is 0.277. The summed E-state index contributed by atoms with van der Waals surface area (Å²) in [4.78, 5) is 11.7. The number of carbonyl (C=O) groups is 1. The lowest BCUT2D eigenvalue weighted by molar-refractivity contribution is -0.118. The fraction of sp³-hybridized carbons (Fsp3) is 0.571. The van der Waals surface area contributed by atoms with Crippen molar-refractivity contribution in [3.8, 4) is 0 Å². The van der Waals surface area contributed by atoms with Crippen molar-refractivity contribution in [2.45, 2.75) is 46.5 Å². The maximum Gasteiger partial charge on any atom is 0.137 e. The highest BCUT2D eigenvalue weighted by molar-refractivity contribution is 5.80. The molecule has 0 spiro atoms. The third-order valence-corrected chi connectivity index (χ3v) is 3.26. The molecule has 1 heterocycles. The summed E-state index contributed by atoms with van der Waals surface area (Å²) in [5.74, 6) is 0.277. The number of rotatable bonds is 6. The van der Waals surface area contributed by atoms with Crippen LogP contribution in [0, 0.1) is 13.8 Å². The molecule has 0 radical (unpaired) electrons. The first-order valence-corrected chi connectivity index (χ1v) is 6.13. The zero-order chi connectivity index (χ0) is 13.0. The topological polar surface area (TPSA) is 34.9 Å². The van der Waals surface area contributed by atoms with E-state index in [2.05, 4.69) is 11.7 Å². The molecule has 3 nitrogen and oxygen atoms in total. The number of Topliss-reactive ketones (excluding diaryl/α,β-unsaturated/α-hetero) is 1. The van der Waals surface area contributed by atoms with Gasteiger partial charge in [-0.3, -0.25) is 9.48 Å². The zero-order valence-corrected chi connectivity index (χ0v) is 11.3. The predicted octanol–water partition coefficient (Wildman–Crippen LogP) is 2.89. The molecule has 0 atom stereocenters. The number of hydrogen-bond acceptors (Lipinski definition) is 2. The number of nitrogens with zero attached hydrogens (tertiary/aromatic N) is 2.